The zero-order valence-corrected chi connectivity index (χ0v) is 18.4. The molecule has 8 nitrogen and oxygen atoms in total. The van der Waals surface area contributed by atoms with Gasteiger partial charge in [0.25, 0.3) is 5.56 Å². The van der Waals surface area contributed by atoms with Gasteiger partial charge in [-0.3, -0.25) is 14.2 Å². The third-order valence-electron chi connectivity index (χ3n) is 5.92. The largest absolute Gasteiger partial charge is 0.384 e. The number of carbonyl (C=O) groups is 1. The van der Waals surface area contributed by atoms with Crippen molar-refractivity contribution in [1.29, 1.82) is 0 Å². The maximum Gasteiger partial charge on any atom is 0.294 e. The number of para-hydroxylation sites is 1. The van der Waals surface area contributed by atoms with Gasteiger partial charge >= 0.3 is 0 Å². The minimum atomic E-state index is -0.571. The van der Waals surface area contributed by atoms with Crippen LogP contribution < -0.4 is 21.9 Å². The summed E-state index contributed by atoms with van der Waals surface area (Å²) in [6.45, 7) is 4.25. The molecule has 1 aliphatic heterocycles. The lowest BCUT2D eigenvalue weighted by Crippen LogP contribution is -2.41. The van der Waals surface area contributed by atoms with Crippen molar-refractivity contribution < 1.29 is 4.79 Å². The first-order valence-corrected chi connectivity index (χ1v) is 10.9. The molecule has 32 heavy (non-hydrogen) atoms. The lowest BCUT2D eigenvalue weighted by molar-refractivity contribution is -0.125. The first-order chi connectivity index (χ1) is 15.5. The molecule has 0 bridgehead atoms. The number of hydrogen-bond donors (Lipinski definition) is 3. The molecule has 2 aromatic heterocycles. The van der Waals surface area contributed by atoms with E-state index in [4.69, 9.17) is 5.73 Å². The number of fused-ring (bicyclic) bond motifs is 1. The summed E-state index contributed by atoms with van der Waals surface area (Å²) in [5, 5.41) is 6.14. The summed E-state index contributed by atoms with van der Waals surface area (Å²) in [5.74, 6) is 0.492. The van der Waals surface area contributed by atoms with Crippen LogP contribution in [-0.4, -0.2) is 20.4 Å². The zero-order chi connectivity index (χ0) is 22.7. The highest BCUT2D eigenvalue weighted by Crippen LogP contribution is 2.25. The number of benzene rings is 1. The number of aromatic nitrogens is 3. The van der Waals surface area contributed by atoms with Crippen molar-refractivity contribution in [3.05, 3.63) is 75.5 Å². The van der Waals surface area contributed by atoms with Crippen LogP contribution in [0.3, 0.4) is 0 Å². The fourth-order valence-electron chi connectivity index (χ4n) is 4.14. The molecule has 166 valence electrons. The topological polar surface area (TPSA) is 115 Å². The van der Waals surface area contributed by atoms with E-state index in [9.17, 15) is 9.59 Å². The summed E-state index contributed by atoms with van der Waals surface area (Å²) in [7, 11) is 0. The molecule has 0 radical (unpaired) electrons. The molecule has 0 aliphatic carbocycles. The van der Waals surface area contributed by atoms with Crippen LogP contribution in [0.5, 0.6) is 0 Å². The van der Waals surface area contributed by atoms with Crippen LogP contribution in [-0.2, 0) is 24.2 Å². The molecule has 3 heterocycles. The van der Waals surface area contributed by atoms with Crippen molar-refractivity contribution in [2.45, 2.75) is 52.1 Å². The number of nitrogen functional groups attached to an aromatic ring is 1. The first kappa shape index (κ1) is 21.5. The highest BCUT2D eigenvalue weighted by Gasteiger charge is 2.28. The summed E-state index contributed by atoms with van der Waals surface area (Å²) in [6, 6.07) is 10.8. The number of nitrogens with two attached hydrogens (primary N) is 1. The highest BCUT2D eigenvalue weighted by atomic mass is 16.2. The summed E-state index contributed by atoms with van der Waals surface area (Å²) in [6.07, 6.45) is 4.68. The molecule has 8 heteroatoms. The molecule has 0 fully saturated rings. The minimum absolute atomic E-state index is 0.185. The second-order valence-corrected chi connectivity index (χ2v) is 8.02. The third-order valence-corrected chi connectivity index (χ3v) is 5.92. The summed E-state index contributed by atoms with van der Waals surface area (Å²) < 4.78 is 1.59. The number of anilines is 3. The van der Waals surface area contributed by atoms with E-state index in [2.05, 4.69) is 27.5 Å². The summed E-state index contributed by atoms with van der Waals surface area (Å²) in [4.78, 5) is 35.0. The highest BCUT2D eigenvalue weighted by molar-refractivity contribution is 5.80. The monoisotopic (exact) mass is 432 g/mol. The zero-order valence-electron chi connectivity index (χ0n) is 18.4. The van der Waals surface area contributed by atoms with Crippen molar-refractivity contribution in [2.24, 2.45) is 0 Å². The minimum Gasteiger partial charge on any atom is -0.384 e. The molecule has 4 rings (SSSR count). The number of rotatable bonds is 6. The SMILES string of the molecule is CCc1ccccc1Nc1ncc2n(c1=O)[C@H](C(=O)NCc1ccc(N)nc1C)CCC2. The molecule has 1 amide bonds. The fourth-order valence-corrected chi connectivity index (χ4v) is 4.14. The standard InChI is InChI=1S/C24H28N6O2/c1-3-16-7-4-5-9-19(16)29-22-24(32)30-18(14-26-22)8-6-10-20(30)23(31)27-13-17-11-12-21(25)28-15(17)2/h4-5,7,9,11-12,14,20H,3,6,8,10,13H2,1-2H3,(H2,25,28)(H,26,29)(H,27,31)/t20-/m0/s1. The maximum absolute atomic E-state index is 13.3. The summed E-state index contributed by atoms with van der Waals surface area (Å²) >= 11 is 0. The smallest absolute Gasteiger partial charge is 0.294 e. The normalized spacial score (nSPS) is 15.1. The lowest BCUT2D eigenvalue weighted by atomic mass is 10.0. The number of aryl methyl sites for hydroxylation is 3. The van der Waals surface area contributed by atoms with Gasteiger partial charge in [0, 0.05) is 29.8 Å². The molecule has 1 aromatic carbocycles. The van der Waals surface area contributed by atoms with Crippen LogP contribution in [0.4, 0.5) is 17.3 Å². The predicted molar refractivity (Wildman–Crippen MR) is 125 cm³/mol. The van der Waals surface area contributed by atoms with Gasteiger partial charge in [0.15, 0.2) is 5.82 Å². The Morgan fingerprint density at radius 2 is 2.03 bits per heavy atom. The average molecular weight is 433 g/mol. The van der Waals surface area contributed by atoms with Gasteiger partial charge in [-0.15, -0.1) is 0 Å². The Hall–Kier alpha value is -3.68. The Morgan fingerprint density at radius 3 is 2.81 bits per heavy atom. The number of nitrogens with zero attached hydrogens (tertiary/aromatic N) is 3. The molecule has 1 atom stereocenters. The van der Waals surface area contributed by atoms with E-state index in [1.165, 1.54) is 0 Å². The van der Waals surface area contributed by atoms with Crippen LogP contribution in [0, 0.1) is 6.92 Å². The summed E-state index contributed by atoms with van der Waals surface area (Å²) in [5.41, 5.74) is 9.82. The lowest BCUT2D eigenvalue weighted by Gasteiger charge is -2.27. The first-order valence-electron chi connectivity index (χ1n) is 10.9. The van der Waals surface area contributed by atoms with Gasteiger partial charge in [0.2, 0.25) is 5.91 Å². The van der Waals surface area contributed by atoms with Crippen LogP contribution in [0.15, 0.2) is 47.4 Å². The maximum atomic E-state index is 13.3. The Balaban J connectivity index is 1.58. The van der Waals surface area contributed by atoms with Crippen LogP contribution >= 0.6 is 0 Å². The van der Waals surface area contributed by atoms with Crippen LogP contribution in [0.25, 0.3) is 0 Å². The Kier molecular flexibility index (Phi) is 6.20. The number of carbonyl (C=O) groups excluding carboxylic acids is 1. The van der Waals surface area contributed by atoms with Crippen molar-refractivity contribution in [2.75, 3.05) is 11.1 Å². The van der Waals surface area contributed by atoms with E-state index in [1.807, 2.05) is 37.3 Å². The number of pyridine rings is 1. The molecule has 0 saturated carbocycles. The van der Waals surface area contributed by atoms with E-state index in [0.29, 0.717) is 18.8 Å². The quantitative estimate of drug-likeness (QED) is 0.552. The molecule has 4 N–H and O–H groups in total. The van der Waals surface area contributed by atoms with Crippen molar-refractivity contribution in [1.82, 2.24) is 19.9 Å². The Labute approximate surface area is 186 Å². The van der Waals surface area contributed by atoms with E-state index >= 15 is 0 Å². The number of amides is 1. The van der Waals surface area contributed by atoms with Gasteiger partial charge in [-0.05, 0) is 55.9 Å². The molecular formula is C24H28N6O2. The average Bonchev–Trinajstić information content (AvgIpc) is 2.80. The van der Waals surface area contributed by atoms with E-state index in [1.54, 1.807) is 16.8 Å². The molecular weight excluding hydrogens is 404 g/mol. The van der Waals surface area contributed by atoms with Crippen LogP contribution in [0.1, 0.15) is 48.3 Å². The molecule has 1 aliphatic rings. The van der Waals surface area contributed by atoms with Gasteiger partial charge in [-0.25, -0.2) is 9.97 Å². The number of hydrogen-bond acceptors (Lipinski definition) is 6. The van der Waals surface area contributed by atoms with Crippen molar-refractivity contribution in [3.8, 4) is 0 Å². The van der Waals surface area contributed by atoms with E-state index in [-0.39, 0.29) is 17.3 Å². The fraction of sp³-hybridized carbons (Fsp3) is 0.333. The van der Waals surface area contributed by atoms with E-state index in [0.717, 1.165) is 47.5 Å². The Bertz CT molecular complexity index is 1200. The second kappa shape index (κ2) is 9.21. The Morgan fingerprint density at radius 1 is 1.22 bits per heavy atom. The van der Waals surface area contributed by atoms with Gasteiger partial charge in [-0.2, -0.15) is 0 Å². The van der Waals surface area contributed by atoms with Crippen molar-refractivity contribution >= 4 is 23.2 Å². The molecule has 0 unspecified atom stereocenters. The van der Waals surface area contributed by atoms with Gasteiger partial charge in [-0.1, -0.05) is 31.2 Å². The second-order valence-electron chi connectivity index (χ2n) is 8.02. The molecule has 0 saturated heterocycles. The predicted octanol–water partition coefficient (Wildman–Crippen LogP) is 3.03. The molecule has 3 aromatic rings. The van der Waals surface area contributed by atoms with Gasteiger partial charge in [0.05, 0.1) is 0 Å². The van der Waals surface area contributed by atoms with Gasteiger partial charge in [0.1, 0.15) is 11.9 Å². The van der Waals surface area contributed by atoms with Gasteiger partial charge < -0.3 is 16.4 Å². The van der Waals surface area contributed by atoms with E-state index < -0.39 is 6.04 Å². The van der Waals surface area contributed by atoms with Crippen LogP contribution in [0.2, 0.25) is 0 Å². The third kappa shape index (κ3) is 4.34. The van der Waals surface area contributed by atoms with Crippen molar-refractivity contribution in [3.63, 3.8) is 0 Å². The number of nitrogens with one attached hydrogen (secondary N) is 2. The molecule has 0 spiro atoms.